The van der Waals surface area contributed by atoms with Crippen LogP contribution in [0.5, 0.6) is 0 Å². The van der Waals surface area contributed by atoms with Crippen molar-refractivity contribution in [2.24, 2.45) is 4.99 Å². The van der Waals surface area contributed by atoms with Gasteiger partial charge in [0, 0.05) is 19.8 Å². The molecular weight excluding hydrogens is 284 g/mol. The molecule has 0 amide bonds. The van der Waals surface area contributed by atoms with E-state index in [4.69, 9.17) is 11.6 Å². The normalized spacial score (nSPS) is 10.9. The molecule has 0 aliphatic heterocycles. The first-order chi connectivity index (χ1) is 10.1. The fourth-order valence-corrected chi connectivity index (χ4v) is 1.96. The predicted octanol–water partition coefficient (Wildman–Crippen LogP) is 4.40. The molecule has 0 aliphatic rings. The predicted molar refractivity (Wildman–Crippen MR) is 90.2 cm³/mol. The van der Waals surface area contributed by atoms with Gasteiger partial charge in [-0.25, -0.2) is 9.98 Å². The minimum absolute atomic E-state index is 0.590. The van der Waals surface area contributed by atoms with Gasteiger partial charge < -0.3 is 10.2 Å². The molecule has 21 heavy (non-hydrogen) atoms. The van der Waals surface area contributed by atoms with E-state index in [-0.39, 0.29) is 0 Å². The SMILES string of the molecule is CCN(C)C=Nc1cc(C)cc(Nc2ccccn2)c1Cl. The fourth-order valence-electron chi connectivity index (χ4n) is 1.75. The third kappa shape index (κ3) is 4.20. The second kappa shape index (κ2) is 7.09. The lowest BCUT2D eigenvalue weighted by atomic mass is 10.2. The van der Waals surface area contributed by atoms with Gasteiger partial charge in [0.05, 0.1) is 22.7 Å². The molecule has 0 atom stereocenters. The summed E-state index contributed by atoms with van der Waals surface area (Å²) < 4.78 is 0. The molecule has 2 aromatic rings. The highest BCUT2D eigenvalue weighted by Crippen LogP contribution is 2.35. The summed E-state index contributed by atoms with van der Waals surface area (Å²) in [4.78, 5) is 10.7. The molecule has 0 saturated carbocycles. The van der Waals surface area contributed by atoms with Crippen molar-refractivity contribution in [2.75, 3.05) is 18.9 Å². The van der Waals surface area contributed by atoms with Crippen molar-refractivity contribution >= 4 is 35.1 Å². The summed E-state index contributed by atoms with van der Waals surface area (Å²) in [7, 11) is 1.97. The van der Waals surface area contributed by atoms with Crippen LogP contribution in [0, 0.1) is 6.92 Å². The lowest BCUT2D eigenvalue weighted by Gasteiger charge is -2.12. The second-order valence-electron chi connectivity index (χ2n) is 4.80. The van der Waals surface area contributed by atoms with Crippen molar-refractivity contribution in [3.63, 3.8) is 0 Å². The van der Waals surface area contributed by atoms with Gasteiger partial charge in [0.1, 0.15) is 5.82 Å². The Labute approximate surface area is 130 Å². The summed E-state index contributed by atoms with van der Waals surface area (Å²) >= 11 is 6.43. The van der Waals surface area contributed by atoms with Crippen LogP contribution in [0.4, 0.5) is 17.2 Å². The van der Waals surface area contributed by atoms with Crippen LogP contribution in [-0.2, 0) is 0 Å². The first kappa shape index (κ1) is 15.3. The Balaban J connectivity index is 2.30. The first-order valence-electron chi connectivity index (χ1n) is 6.82. The zero-order chi connectivity index (χ0) is 15.2. The number of hydrogen-bond acceptors (Lipinski definition) is 3. The summed E-state index contributed by atoms with van der Waals surface area (Å²) in [6.07, 6.45) is 3.52. The number of aromatic nitrogens is 1. The number of nitrogens with one attached hydrogen (secondary N) is 1. The van der Waals surface area contributed by atoms with Crippen molar-refractivity contribution in [2.45, 2.75) is 13.8 Å². The van der Waals surface area contributed by atoms with Gasteiger partial charge in [0.2, 0.25) is 0 Å². The van der Waals surface area contributed by atoms with E-state index in [1.807, 2.05) is 49.2 Å². The van der Waals surface area contributed by atoms with Crippen LogP contribution in [0.15, 0.2) is 41.5 Å². The average Bonchev–Trinajstić information content (AvgIpc) is 2.49. The summed E-state index contributed by atoms with van der Waals surface area (Å²) in [6, 6.07) is 9.64. The molecule has 1 aromatic carbocycles. The van der Waals surface area contributed by atoms with Gasteiger partial charge in [0.15, 0.2) is 0 Å². The molecule has 0 radical (unpaired) electrons. The Morgan fingerprint density at radius 3 is 2.86 bits per heavy atom. The van der Waals surface area contributed by atoms with Gasteiger partial charge in [-0.15, -0.1) is 0 Å². The highest BCUT2D eigenvalue weighted by Gasteiger charge is 2.08. The van der Waals surface area contributed by atoms with E-state index in [0.717, 1.165) is 29.3 Å². The molecule has 2 rings (SSSR count). The number of benzene rings is 1. The smallest absolute Gasteiger partial charge is 0.130 e. The third-order valence-electron chi connectivity index (χ3n) is 3.02. The monoisotopic (exact) mass is 302 g/mol. The molecule has 0 aliphatic carbocycles. The number of halogens is 1. The standard InChI is InChI=1S/C16H19ClN4/c1-4-21(3)11-19-13-9-12(2)10-14(16(13)17)20-15-7-5-6-8-18-15/h5-11H,4H2,1-3H3,(H,18,20). The molecule has 1 heterocycles. The zero-order valence-electron chi connectivity index (χ0n) is 12.5. The van der Waals surface area contributed by atoms with E-state index < -0.39 is 0 Å². The highest BCUT2D eigenvalue weighted by atomic mass is 35.5. The largest absolute Gasteiger partial charge is 0.366 e. The topological polar surface area (TPSA) is 40.5 Å². The highest BCUT2D eigenvalue weighted by molar-refractivity contribution is 6.35. The Hall–Kier alpha value is -2.07. The summed E-state index contributed by atoms with van der Waals surface area (Å²) in [5.41, 5.74) is 2.64. The van der Waals surface area contributed by atoms with E-state index in [0.29, 0.717) is 5.02 Å². The number of aliphatic imine (C=N–C) groups is 1. The summed E-state index contributed by atoms with van der Waals surface area (Å²) in [5, 5.41) is 3.81. The number of rotatable bonds is 5. The van der Waals surface area contributed by atoms with Crippen LogP contribution in [0.2, 0.25) is 5.02 Å². The second-order valence-corrected chi connectivity index (χ2v) is 5.18. The van der Waals surface area contributed by atoms with Gasteiger partial charge in [-0.2, -0.15) is 0 Å². The molecule has 0 bridgehead atoms. The van der Waals surface area contributed by atoms with Crippen molar-refractivity contribution in [3.05, 3.63) is 47.1 Å². The molecule has 4 nitrogen and oxygen atoms in total. The maximum Gasteiger partial charge on any atom is 0.130 e. The van der Waals surface area contributed by atoms with Crippen LogP contribution in [-0.4, -0.2) is 29.8 Å². The molecule has 1 N–H and O–H groups in total. The lowest BCUT2D eigenvalue weighted by molar-refractivity contribution is 0.552. The number of aryl methyl sites for hydroxylation is 1. The van der Waals surface area contributed by atoms with Crippen molar-refractivity contribution < 1.29 is 0 Å². The lowest BCUT2D eigenvalue weighted by Crippen LogP contribution is -2.14. The van der Waals surface area contributed by atoms with Crippen LogP contribution in [0.25, 0.3) is 0 Å². The van der Waals surface area contributed by atoms with E-state index in [1.54, 1.807) is 12.5 Å². The summed E-state index contributed by atoms with van der Waals surface area (Å²) in [5.74, 6) is 0.755. The van der Waals surface area contributed by atoms with Gasteiger partial charge in [-0.3, -0.25) is 0 Å². The number of pyridine rings is 1. The van der Waals surface area contributed by atoms with E-state index in [9.17, 15) is 0 Å². The van der Waals surface area contributed by atoms with Gasteiger partial charge >= 0.3 is 0 Å². The van der Waals surface area contributed by atoms with Crippen LogP contribution >= 0.6 is 11.6 Å². The third-order valence-corrected chi connectivity index (χ3v) is 3.42. The van der Waals surface area contributed by atoms with Gasteiger partial charge in [-0.1, -0.05) is 17.7 Å². The molecule has 0 fully saturated rings. The van der Waals surface area contributed by atoms with Crippen LogP contribution < -0.4 is 5.32 Å². The molecule has 110 valence electrons. The van der Waals surface area contributed by atoms with Crippen molar-refractivity contribution in [1.82, 2.24) is 9.88 Å². The van der Waals surface area contributed by atoms with E-state index in [2.05, 4.69) is 22.2 Å². The maximum absolute atomic E-state index is 6.43. The van der Waals surface area contributed by atoms with Crippen LogP contribution in [0.3, 0.4) is 0 Å². The maximum atomic E-state index is 6.43. The van der Waals surface area contributed by atoms with Gasteiger partial charge in [0.25, 0.3) is 0 Å². The number of nitrogens with zero attached hydrogens (tertiary/aromatic N) is 3. The molecule has 0 saturated heterocycles. The van der Waals surface area contributed by atoms with Gasteiger partial charge in [-0.05, 0) is 43.7 Å². The number of hydrogen-bond donors (Lipinski definition) is 1. The minimum atomic E-state index is 0.590. The van der Waals surface area contributed by atoms with Crippen molar-refractivity contribution in [3.8, 4) is 0 Å². The van der Waals surface area contributed by atoms with E-state index in [1.165, 1.54) is 0 Å². The zero-order valence-corrected chi connectivity index (χ0v) is 13.2. The molecule has 1 aromatic heterocycles. The van der Waals surface area contributed by atoms with E-state index >= 15 is 0 Å². The Kier molecular flexibility index (Phi) is 5.17. The minimum Gasteiger partial charge on any atom is -0.366 e. The van der Waals surface area contributed by atoms with Crippen LogP contribution in [0.1, 0.15) is 12.5 Å². The molecular formula is C16H19ClN4. The number of anilines is 2. The Morgan fingerprint density at radius 2 is 2.19 bits per heavy atom. The molecule has 5 heteroatoms. The first-order valence-corrected chi connectivity index (χ1v) is 7.20. The Morgan fingerprint density at radius 1 is 1.38 bits per heavy atom. The average molecular weight is 303 g/mol. The molecule has 0 spiro atoms. The quantitative estimate of drug-likeness (QED) is 0.657. The fraction of sp³-hybridized carbons (Fsp3) is 0.250. The van der Waals surface area contributed by atoms with Crippen molar-refractivity contribution in [1.29, 1.82) is 0 Å². The summed E-state index contributed by atoms with van der Waals surface area (Å²) in [6.45, 7) is 4.98. The Bertz CT molecular complexity index is 626. The molecule has 0 unspecified atom stereocenters.